The molecule has 120 valence electrons. The van der Waals surface area contributed by atoms with Crippen LogP contribution in [0.3, 0.4) is 0 Å². The zero-order valence-electron chi connectivity index (χ0n) is 13.6. The van der Waals surface area contributed by atoms with E-state index in [-0.39, 0.29) is 12.1 Å². The third-order valence-electron chi connectivity index (χ3n) is 5.42. The predicted octanol–water partition coefficient (Wildman–Crippen LogP) is 3.19. The number of carbonyl (C=O) groups excluding carboxylic acids is 1. The molecule has 0 aromatic carbocycles. The zero-order valence-corrected chi connectivity index (χ0v) is 13.6. The van der Waals surface area contributed by atoms with Gasteiger partial charge in [0.25, 0.3) is 5.91 Å². The molecule has 1 saturated heterocycles. The van der Waals surface area contributed by atoms with Crippen LogP contribution in [0.1, 0.15) is 43.4 Å². The molecule has 1 N–H and O–H groups in total. The van der Waals surface area contributed by atoms with Crippen LogP contribution in [0.25, 0.3) is 5.57 Å². The molecule has 2 heterocycles. The van der Waals surface area contributed by atoms with E-state index in [4.69, 9.17) is 4.42 Å². The number of hydrogen-bond acceptors (Lipinski definition) is 3. The summed E-state index contributed by atoms with van der Waals surface area (Å²) in [6, 6.07) is 1.82. The number of amides is 1. The van der Waals surface area contributed by atoms with Crippen molar-refractivity contribution >= 4 is 11.5 Å². The maximum Gasteiger partial charge on any atom is 0.254 e. The number of nitrogens with one attached hydrogen (secondary N) is 1. The van der Waals surface area contributed by atoms with Crippen LogP contribution in [0.2, 0.25) is 0 Å². The van der Waals surface area contributed by atoms with E-state index in [0.29, 0.717) is 11.5 Å². The van der Waals surface area contributed by atoms with Crippen molar-refractivity contribution in [3.05, 3.63) is 30.2 Å². The van der Waals surface area contributed by atoms with E-state index in [2.05, 4.69) is 11.9 Å². The number of likely N-dealkylation sites (N-methyl/N-ethyl adjacent to an activating group) is 1. The minimum absolute atomic E-state index is 0.00627. The first-order chi connectivity index (χ1) is 10.6. The van der Waals surface area contributed by atoms with E-state index in [1.165, 1.54) is 32.1 Å². The standard InChI is InChI=1S/C18H26N2O2/c1-12(15-9-11-22-13(15)2)18(21)20(3)17-16-7-5-4-6-14(16)8-10-19-17/h9,11,14,16-17,19H,1,4-8,10H2,2-3H3. The van der Waals surface area contributed by atoms with Gasteiger partial charge in [0.2, 0.25) is 0 Å². The molecule has 1 saturated carbocycles. The van der Waals surface area contributed by atoms with Gasteiger partial charge in [0.15, 0.2) is 0 Å². The molecule has 0 bridgehead atoms. The molecule has 0 radical (unpaired) electrons. The normalized spacial score (nSPS) is 28.0. The Hall–Kier alpha value is -1.55. The van der Waals surface area contributed by atoms with E-state index < -0.39 is 0 Å². The first kappa shape index (κ1) is 15.3. The van der Waals surface area contributed by atoms with Crippen LogP contribution in [0, 0.1) is 18.8 Å². The van der Waals surface area contributed by atoms with Crippen LogP contribution in [0.15, 0.2) is 23.3 Å². The molecule has 3 atom stereocenters. The van der Waals surface area contributed by atoms with Crippen molar-refractivity contribution in [2.75, 3.05) is 13.6 Å². The number of furan rings is 1. The Kier molecular flexibility index (Phi) is 4.39. The van der Waals surface area contributed by atoms with Gasteiger partial charge >= 0.3 is 0 Å². The van der Waals surface area contributed by atoms with Gasteiger partial charge in [-0.3, -0.25) is 10.1 Å². The lowest BCUT2D eigenvalue weighted by Gasteiger charge is -2.45. The van der Waals surface area contributed by atoms with Gasteiger partial charge in [0.05, 0.1) is 12.4 Å². The third-order valence-corrected chi connectivity index (χ3v) is 5.42. The third kappa shape index (κ3) is 2.72. The molecule has 2 aliphatic rings. The molecule has 1 aromatic heterocycles. The van der Waals surface area contributed by atoms with Crippen LogP contribution in [-0.2, 0) is 4.79 Å². The summed E-state index contributed by atoms with van der Waals surface area (Å²) in [6.07, 6.45) is 8.14. The first-order valence-electron chi connectivity index (χ1n) is 8.33. The van der Waals surface area contributed by atoms with Crippen LogP contribution in [0.5, 0.6) is 0 Å². The Labute approximate surface area is 132 Å². The lowest BCUT2D eigenvalue weighted by Crippen LogP contribution is -2.57. The van der Waals surface area contributed by atoms with Crippen molar-refractivity contribution in [3.8, 4) is 0 Å². The maximum atomic E-state index is 12.8. The molecular weight excluding hydrogens is 276 g/mol. The zero-order chi connectivity index (χ0) is 15.7. The Morgan fingerprint density at radius 3 is 2.86 bits per heavy atom. The van der Waals surface area contributed by atoms with Crippen LogP contribution < -0.4 is 5.32 Å². The minimum Gasteiger partial charge on any atom is -0.469 e. The second-order valence-electron chi connectivity index (χ2n) is 6.68. The molecular formula is C18H26N2O2. The first-order valence-corrected chi connectivity index (χ1v) is 8.33. The molecule has 4 nitrogen and oxygen atoms in total. The largest absolute Gasteiger partial charge is 0.469 e. The second-order valence-corrected chi connectivity index (χ2v) is 6.68. The highest BCUT2D eigenvalue weighted by Crippen LogP contribution is 2.38. The fourth-order valence-electron chi connectivity index (χ4n) is 4.16. The molecule has 3 rings (SSSR count). The van der Waals surface area contributed by atoms with E-state index in [1.807, 2.05) is 24.9 Å². The van der Waals surface area contributed by atoms with Crippen LogP contribution in [-0.4, -0.2) is 30.6 Å². The van der Waals surface area contributed by atoms with Gasteiger partial charge in [-0.1, -0.05) is 25.8 Å². The summed E-state index contributed by atoms with van der Waals surface area (Å²) >= 11 is 0. The quantitative estimate of drug-likeness (QED) is 0.872. The molecule has 4 heteroatoms. The fourth-order valence-corrected chi connectivity index (χ4v) is 4.16. The molecule has 22 heavy (non-hydrogen) atoms. The van der Waals surface area contributed by atoms with E-state index >= 15 is 0 Å². The number of fused-ring (bicyclic) bond motifs is 1. The van der Waals surface area contributed by atoms with Gasteiger partial charge < -0.3 is 9.32 Å². The summed E-state index contributed by atoms with van der Waals surface area (Å²) in [7, 11) is 1.90. The second kappa shape index (κ2) is 6.29. The minimum atomic E-state index is -0.00627. The SMILES string of the molecule is C=C(C(=O)N(C)C1NCCC2CCCCC21)c1ccoc1C. The summed E-state index contributed by atoms with van der Waals surface area (Å²) < 4.78 is 5.30. The lowest BCUT2D eigenvalue weighted by atomic mass is 9.73. The average Bonchev–Trinajstić information content (AvgIpc) is 2.98. The number of aryl methyl sites for hydroxylation is 1. The van der Waals surface area contributed by atoms with Crippen molar-refractivity contribution in [2.45, 2.75) is 45.2 Å². The van der Waals surface area contributed by atoms with Crippen molar-refractivity contribution in [1.82, 2.24) is 10.2 Å². The molecule has 1 amide bonds. The van der Waals surface area contributed by atoms with Crippen molar-refractivity contribution < 1.29 is 9.21 Å². The molecule has 1 aromatic rings. The monoisotopic (exact) mass is 302 g/mol. The highest BCUT2D eigenvalue weighted by molar-refractivity contribution is 6.18. The van der Waals surface area contributed by atoms with E-state index in [9.17, 15) is 4.79 Å². The van der Waals surface area contributed by atoms with Gasteiger partial charge in [-0.2, -0.15) is 0 Å². The molecule has 1 aliphatic heterocycles. The van der Waals surface area contributed by atoms with Gasteiger partial charge in [0, 0.05) is 18.2 Å². The maximum absolute atomic E-state index is 12.8. The number of rotatable bonds is 3. The number of nitrogens with zero attached hydrogens (tertiary/aromatic N) is 1. The number of hydrogen-bond donors (Lipinski definition) is 1. The smallest absolute Gasteiger partial charge is 0.254 e. The van der Waals surface area contributed by atoms with Crippen molar-refractivity contribution in [3.63, 3.8) is 0 Å². The number of piperidine rings is 1. The predicted molar refractivity (Wildman–Crippen MR) is 87.1 cm³/mol. The van der Waals surface area contributed by atoms with Gasteiger partial charge in [-0.05, 0) is 44.2 Å². The van der Waals surface area contributed by atoms with Gasteiger partial charge in [-0.25, -0.2) is 0 Å². The Morgan fingerprint density at radius 2 is 2.14 bits per heavy atom. The highest BCUT2D eigenvalue weighted by atomic mass is 16.3. The van der Waals surface area contributed by atoms with E-state index in [1.54, 1.807) is 6.26 Å². The Morgan fingerprint density at radius 1 is 1.36 bits per heavy atom. The summed E-state index contributed by atoms with van der Waals surface area (Å²) in [5.74, 6) is 2.08. The summed E-state index contributed by atoms with van der Waals surface area (Å²) in [6.45, 7) is 6.86. The van der Waals surface area contributed by atoms with Gasteiger partial charge in [-0.15, -0.1) is 0 Å². The highest BCUT2D eigenvalue weighted by Gasteiger charge is 2.38. The lowest BCUT2D eigenvalue weighted by molar-refractivity contribution is -0.129. The van der Waals surface area contributed by atoms with Crippen molar-refractivity contribution in [1.29, 1.82) is 0 Å². The summed E-state index contributed by atoms with van der Waals surface area (Å²) in [4.78, 5) is 14.7. The molecule has 1 aliphatic carbocycles. The molecule has 0 spiro atoms. The molecule has 3 unspecified atom stereocenters. The molecule has 2 fully saturated rings. The Bertz CT molecular complexity index is 561. The Balaban J connectivity index is 1.74. The van der Waals surface area contributed by atoms with Gasteiger partial charge in [0.1, 0.15) is 5.76 Å². The van der Waals surface area contributed by atoms with E-state index in [0.717, 1.165) is 23.8 Å². The van der Waals surface area contributed by atoms with Crippen LogP contribution in [0.4, 0.5) is 0 Å². The number of carbonyl (C=O) groups is 1. The average molecular weight is 302 g/mol. The topological polar surface area (TPSA) is 45.5 Å². The fraction of sp³-hybridized carbons (Fsp3) is 0.611. The summed E-state index contributed by atoms with van der Waals surface area (Å²) in [5.41, 5.74) is 1.33. The summed E-state index contributed by atoms with van der Waals surface area (Å²) in [5, 5.41) is 3.55. The van der Waals surface area contributed by atoms with Crippen molar-refractivity contribution in [2.24, 2.45) is 11.8 Å². The van der Waals surface area contributed by atoms with Crippen LogP contribution >= 0.6 is 0 Å².